The SMILES string of the molecule is CCCNC1CCC(N(C)S(=O)(=O)c2ccccc2)CC1. The first kappa shape index (κ1) is 16.5. The van der Waals surface area contributed by atoms with E-state index in [-0.39, 0.29) is 6.04 Å². The lowest BCUT2D eigenvalue weighted by Crippen LogP contribution is -2.43. The van der Waals surface area contributed by atoms with Gasteiger partial charge in [0, 0.05) is 19.1 Å². The number of benzene rings is 1. The Morgan fingerprint density at radius 2 is 1.76 bits per heavy atom. The molecular weight excluding hydrogens is 284 g/mol. The summed E-state index contributed by atoms with van der Waals surface area (Å²) in [7, 11) is -1.65. The summed E-state index contributed by atoms with van der Waals surface area (Å²) in [5.41, 5.74) is 0. The summed E-state index contributed by atoms with van der Waals surface area (Å²) >= 11 is 0. The van der Waals surface area contributed by atoms with Crippen LogP contribution < -0.4 is 5.32 Å². The number of sulfonamides is 1. The van der Waals surface area contributed by atoms with Crippen LogP contribution in [0.4, 0.5) is 0 Å². The fourth-order valence-corrected chi connectivity index (χ4v) is 4.38. The number of nitrogens with zero attached hydrogens (tertiary/aromatic N) is 1. The lowest BCUT2D eigenvalue weighted by atomic mass is 9.91. The van der Waals surface area contributed by atoms with Crippen LogP contribution in [0.5, 0.6) is 0 Å². The van der Waals surface area contributed by atoms with E-state index in [1.807, 2.05) is 6.07 Å². The Morgan fingerprint density at radius 3 is 2.33 bits per heavy atom. The molecule has 1 saturated carbocycles. The Kier molecular flexibility index (Phi) is 5.79. The molecule has 0 atom stereocenters. The summed E-state index contributed by atoms with van der Waals surface area (Å²) < 4.78 is 26.8. The van der Waals surface area contributed by atoms with Gasteiger partial charge in [0.2, 0.25) is 10.0 Å². The number of hydrogen-bond acceptors (Lipinski definition) is 3. The molecule has 0 saturated heterocycles. The van der Waals surface area contributed by atoms with Gasteiger partial charge < -0.3 is 5.32 Å². The van der Waals surface area contributed by atoms with Crippen LogP contribution in [-0.2, 0) is 10.0 Å². The molecule has 0 heterocycles. The van der Waals surface area contributed by atoms with Crippen molar-refractivity contribution in [3.05, 3.63) is 30.3 Å². The van der Waals surface area contributed by atoms with E-state index in [1.54, 1.807) is 35.6 Å². The molecule has 0 aromatic heterocycles. The number of nitrogens with one attached hydrogen (secondary N) is 1. The summed E-state index contributed by atoms with van der Waals surface area (Å²) in [4.78, 5) is 0.388. The van der Waals surface area contributed by atoms with Gasteiger partial charge in [-0.3, -0.25) is 0 Å². The van der Waals surface area contributed by atoms with Gasteiger partial charge in [-0.15, -0.1) is 0 Å². The predicted molar refractivity (Wildman–Crippen MR) is 85.7 cm³/mol. The Hall–Kier alpha value is -0.910. The summed E-state index contributed by atoms with van der Waals surface area (Å²) in [6.07, 6.45) is 5.12. The highest BCUT2D eigenvalue weighted by atomic mass is 32.2. The van der Waals surface area contributed by atoms with Gasteiger partial charge in [-0.05, 0) is 50.8 Å². The zero-order valence-corrected chi connectivity index (χ0v) is 13.8. The first-order chi connectivity index (χ1) is 10.1. The second kappa shape index (κ2) is 7.38. The van der Waals surface area contributed by atoms with Crippen LogP contribution in [-0.4, -0.2) is 38.4 Å². The normalized spacial score (nSPS) is 23.4. The minimum Gasteiger partial charge on any atom is -0.314 e. The molecule has 0 unspecified atom stereocenters. The molecule has 1 fully saturated rings. The van der Waals surface area contributed by atoms with Gasteiger partial charge in [-0.1, -0.05) is 25.1 Å². The molecule has 1 aromatic carbocycles. The van der Waals surface area contributed by atoms with Gasteiger partial charge >= 0.3 is 0 Å². The van der Waals surface area contributed by atoms with Gasteiger partial charge in [-0.2, -0.15) is 4.31 Å². The molecule has 0 amide bonds. The Bertz CT molecular complexity index is 522. The Morgan fingerprint density at radius 1 is 1.14 bits per heavy atom. The maximum absolute atomic E-state index is 12.6. The summed E-state index contributed by atoms with van der Waals surface area (Å²) in [5.74, 6) is 0. The van der Waals surface area contributed by atoms with Gasteiger partial charge in [0.15, 0.2) is 0 Å². The highest BCUT2D eigenvalue weighted by molar-refractivity contribution is 7.89. The van der Waals surface area contributed by atoms with E-state index in [0.29, 0.717) is 10.9 Å². The van der Waals surface area contributed by atoms with Gasteiger partial charge in [-0.25, -0.2) is 8.42 Å². The molecule has 1 aliphatic rings. The van der Waals surface area contributed by atoms with Crippen LogP contribution in [0.3, 0.4) is 0 Å². The second-order valence-corrected chi connectivity index (χ2v) is 7.79. The van der Waals surface area contributed by atoms with E-state index in [4.69, 9.17) is 0 Å². The molecule has 0 bridgehead atoms. The first-order valence-electron chi connectivity index (χ1n) is 7.82. The third-order valence-electron chi connectivity index (χ3n) is 4.31. The minimum absolute atomic E-state index is 0.120. The van der Waals surface area contributed by atoms with E-state index >= 15 is 0 Å². The summed E-state index contributed by atoms with van der Waals surface area (Å²) in [6, 6.07) is 9.38. The topological polar surface area (TPSA) is 49.4 Å². The van der Waals surface area contributed by atoms with Crippen LogP contribution in [0.25, 0.3) is 0 Å². The van der Waals surface area contributed by atoms with Crippen molar-refractivity contribution < 1.29 is 8.42 Å². The maximum Gasteiger partial charge on any atom is 0.243 e. The van der Waals surface area contributed by atoms with Crippen molar-refractivity contribution in [3.63, 3.8) is 0 Å². The highest BCUT2D eigenvalue weighted by Crippen LogP contribution is 2.26. The van der Waals surface area contributed by atoms with Crippen molar-refractivity contribution in [1.82, 2.24) is 9.62 Å². The molecule has 118 valence electrons. The Labute approximate surface area is 128 Å². The number of hydrogen-bond donors (Lipinski definition) is 1. The van der Waals surface area contributed by atoms with Crippen molar-refractivity contribution in [2.45, 2.75) is 56.0 Å². The van der Waals surface area contributed by atoms with Crippen molar-refractivity contribution in [1.29, 1.82) is 0 Å². The highest BCUT2D eigenvalue weighted by Gasteiger charge is 2.31. The zero-order valence-electron chi connectivity index (χ0n) is 13.0. The van der Waals surface area contributed by atoms with Crippen LogP contribution in [0, 0.1) is 0 Å². The molecule has 4 nitrogen and oxygen atoms in total. The first-order valence-corrected chi connectivity index (χ1v) is 9.26. The molecule has 2 rings (SSSR count). The molecule has 1 aromatic rings. The van der Waals surface area contributed by atoms with Crippen molar-refractivity contribution >= 4 is 10.0 Å². The van der Waals surface area contributed by atoms with Crippen LogP contribution >= 0.6 is 0 Å². The van der Waals surface area contributed by atoms with E-state index in [2.05, 4.69) is 12.2 Å². The molecule has 1 N–H and O–H groups in total. The zero-order chi connectivity index (χ0) is 15.3. The van der Waals surface area contributed by atoms with Crippen LogP contribution in [0.1, 0.15) is 39.0 Å². The average Bonchev–Trinajstić information content (AvgIpc) is 2.53. The molecule has 1 aliphatic carbocycles. The quantitative estimate of drug-likeness (QED) is 0.878. The molecular formula is C16H26N2O2S. The minimum atomic E-state index is -3.36. The van der Waals surface area contributed by atoms with Crippen molar-refractivity contribution in [2.75, 3.05) is 13.6 Å². The van der Waals surface area contributed by atoms with Gasteiger partial charge in [0.25, 0.3) is 0 Å². The largest absolute Gasteiger partial charge is 0.314 e. The monoisotopic (exact) mass is 310 g/mol. The molecule has 0 aliphatic heterocycles. The standard InChI is InChI=1S/C16H26N2O2S/c1-3-13-17-14-9-11-15(12-10-14)18(2)21(19,20)16-7-5-4-6-8-16/h4-8,14-15,17H,3,9-13H2,1-2H3. The Balaban J connectivity index is 1.97. The van der Waals surface area contributed by atoms with E-state index < -0.39 is 10.0 Å². The third kappa shape index (κ3) is 4.05. The van der Waals surface area contributed by atoms with Crippen molar-refractivity contribution in [2.24, 2.45) is 0 Å². The second-order valence-electron chi connectivity index (χ2n) is 5.79. The van der Waals surface area contributed by atoms with Crippen LogP contribution in [0.15, 0.2) is 35.2 Å². The van der Waals surface area contributed by atoms with Crippen molar-refractivity contribution in [3.8, 4) is 0 Å². The van der Waals surface area contributed by atoms with E-state index in [9.17, 15) is 8.42 Å². The molecule has 5 heteroatoms. The lowest BCUT2D eigenvalue weighted by molar-refractivity contribution is 0.249. The third-order valence-corrected chi connectivity index (χ3v) is 6.24. The van der Waals surface area contributed by atoms with Gasteiger partial charge in [0.1, 0.15) is 0 Å². The fourth-order valence-electron chi connectivity index (χ4n) is 2.95. The lowest BCUT2D eigenvalue weighted by Gasteiger charge is -2.34. The van der Waals surface area contributed by atoms with E-state index in [0.717, 1.165) is 38.6 Å². The number of rotatable bonds is 6. The molecule has 0 spiro atoms. The smallest absolute Gasteiger partial charge is 0.243 e. The average molecular weight is 310 g/mol. The van der Waals surface area contributed by atoms with Gasteiger partial charge in [0.05, 0.1) is 4.90 Å². The summed E-state index contributed by atoms with van der Waals surface area (Å²) in [5, 5.41) is 3.53. The maximum atomic E-state index is 12.6. The summed E-state index contributed by atoms with van der Waals surface area (Å²) in [6.45, 7) is 3.21. The molecule has 21 heavy (non-hydrogen) atoms. The van der Waals surface area contributed by atoms with E-state index in [1.165, 1.54) is 0 Å². The van der Waals surface area contributed by atoms with Crippen LogP contribution in [0.2, 0.25) is 0 Å². The fraction of sp³-hybridized carbons (Fsp3) is 0.625. The molecule has 0 radical (unpaired) electrons. The predicted octanol–water partition coefficient (Wildman–Crippen LogP) is 2.62.